The SMILES string of the molecule is COc1cc2ccsc2c(S)c1O. The first-order chi connectivity index (χ1) is 6.24. The number of thiophene rings is 1. The second kappa shape index (κ2) is 3.12. The molecule has 0 saturated heterocycles. The summed E-state index contributed by atoms with van der Waals surface area (Å²) in [7, 11) is 1.53. The summed E-state index contributed by atoms with van der Waals surface area (Å²) < 4.78 is 6.00. The van der Waals surface area contributed by atoms with E-state index in [1.165, 1.54) is 7.11 Å². The van der Waals surface area contributed by atoms with Crippen LogP contribution in [0.5, 0.6) is 11.5 Å². The van der Waals surface area contributed by atoms with Gasteiger partial charge in [0, 0.05) is 0 Å². The van der Waals surface area contributed by atoms with Gasteiger partial charge in [0.05, 0.1) is 16.7 Å². The molecule has 2 aromatic rings. The van der Waals surface area contributed by atoms with Crippen molar-refractivity contribution < 1.29 is 9.84 Å². The number of rotatable bonds is 1. The Morgan fingerprint density at radius 1 is 1.54 bits per heavy atom. The number of hydrogen-bond acceptors (Lipinski definition) is 4. The van der Waals surface area contributed by atoms with Gasteiger partial charge in [-0.3, -0.25) is 0 Å². The third-order valence-electron chi connectivity index (χ3n) is 1.87. The maximum Gasteiger partial charge on any atom is 0.172 e. The molecule has 2 rings (SSSR count). The molecule has 0 saturated carbocycles. The van der Waals surface area contributed by atoms with Gasteiger partial charge in [-0.25, -0.2) is 0 Å². The van der Waals surface area contributed by atoms with Crippen LogP contribution in [0.25, 0.3) is 10.1 Å². The van der Waals surface area contributed by atoms with Crippen LogP contribution in [0, 0.1) is 0 Å². The van der Waals surface area contributed by atoms with Crippen LogP contribution in [-0.2, 0) is 0 Å². The molecule has 0 atom stereocenters. The van der Waals surface area contributed by atoms with Crippen LogP contribution in [0.3, 0.4) is 0 Å². The maximum atomic E-state index is 9.62. The lowest BCUT2D eigenvalue weighted by atomic mass is 10.2. The predicted molar refractivity (Wildman–Crippen MR) is 57.3 cm³/mol. The number of thiol groups is 1. The predicted octanol–water partition coefficient (Wildman–Crippen LogP) is 2.90. The fourth-order valence-corrected chi connectivity index (χ4v) is 2.43. The van der Waals surface area contributed by atoms with Gasteiger partial charge in [-0.2, -0.15) is 0 Å². The molecule has 4 heteroatoms. The molecule has 0 unspecified atom stereocenters. The zero-order valence-corrected chi connectivity index (χ0v) is 8.65. The van der Waals surface area contributed by atoms with Gasteiger partial charge in [0.15, 0.2) is 11.5 Å². The number of hydrogen-bond donors (Lipinski definition) is 2. The van der Waals surface area contributed by atoms with Crippen molar-refractivity contribution in [3.63, 3.8) is 0 Å². The number of benzene rings is 1. The fraction of sp³-hybridized carbons (Fsp3) is 0.111. The molecule has 0 radical (unpaired) electrons. The summed E-state index contributed by atoms with van der Waals surface area (Å²) in [6, 6.07) is 3.78. The van der Waals surface area contributed by atoms with Crippen molar-refractivity contribution >= 4 is 34.1 Å². The summed E-state index contributed by atoms with van der Waals surface area (Å²) in [5.74, 6) is 0.580. The number of phenols is 1. The van der Waals surface area contributed by atoms with Gasteiger partial charge in [0.2, 0.25) is 0 Å². The number of ether oxygens (including phenoxy) is 1. The minimum Gasteiger partial charge on any atom is -0.503 e. The Balaban J connectivity index is 2.83. The monoisotopic (exact) mass is 212 g/mol. The lowest BCUT2D eigenvalue weighted by Crippen LogP contribution is -1.84. The smallest absolute Gasteiger partial charge is 0.172 e. The molecular formula is C9H8O2S2. The summed E-state index contributed by atoms with van der Waals surface area (Å²) in [6.45, 7) is 0. The van der Waals surface area contributed by atoms with Crippen molar-refractivity contribution in [3.8, 4) is 11.5 Å². The molecule has 0 aliphatic carbocycles. The van der Waals surface area contributed by atoms with Gasteiger partial charge >= 0.3 is 0 Å². The second-order valence-electron chi connectivity index (χ2n) is 2.61. The largest absolute Gasteiger partial charge is 0.503 e. The average molecular weight is 212 g/mol. The first-order valence-electron chi connectivity index (χ1n) is 3.70. The standard InChI is InChI=1S/C9H8O2S2/c1-11-6-4-5-2-3-13-9(5)8(12)7(6)10/h2-4,10,12H,1H3. The minimum atomic E-state index is 0.112. The summed E-state index contributed by atoms with van der Waals surface area (Å²) in [5.41, 5.74) is 0. The molecule has 0 aliphatic rings. The Bertz CT molecular complexity index is 448. The van der Waals surface area contributed by atoms with Crippen molar-refractivity contribution in [2.45, 2.75) is 4.90 Å². The molecule has 0 spiro atoms. The Hall–Kier alpha value is -0.870. The third kappa shape index (κ3) is 1.26. The quantitative estimate of drug-likeness (QED) is 0.712. The second-order valence-corrected chi connectivity index (χ2v) is 3.98. The highest BCUT2D eigenvalue weighted by Gasteiger charge is 2.10. The van der Waals surface area contributed by atoms with E-state index in [1.54, 1.807) is 17.4 Å². The molecule has 0 amide bonds. The Labute approximate surface area is 85.2 Å². The van der Waals surface area contributed by atoms with E-state index in [0.717, 1.165) is 10.1 Å². The van der Waals surface area contributed by atoms with E-state index < -0.39 is 0 Å². The van der Waals surface area contributed by atoms with E-state index in [-0.39, 0.29) is 5.75 Å². The van der Waals surface area contributed by atoms with Crippen LogP contribution in [0.15, 0.2) is 22.4 Å². The first-order valence-corrected chi connectivity index (χ1v) is 5.03. The summed E-state index contributed by atoms with van der Waals surface area (Å²) in [6.07, 6.45) is 0. The van der Waals surface area contributed by atoms with Gasteiger partial charge < -0.3 is 9.84 Å². The van der Waals surface area contributed by atoms with Crippen molar-refractivity contribution in [3.05, 3.63) is 17.5 Å². The molecule has 0 aliphatic heterocycles. The lowest BCUT2D eigenvalue weighted by molar-refractivity contribution is 0.369. The molecule has 1 heterocycles. The van der Waals surface area contributed by atoms with E-state index in [1.807, 2.05) is 11.4 Å². The number of phenolic OH excluding ortho intramolecular Hbond substituents is 1. The third-order valence-corrected chi connectivity index (χ3v) is 3.41. The molecule has 68 valence electrons. The topological polar surface area (TPSA) is 29.5 Å². The van der Waals surface area contributed by atoms with E-state index in [0.29, 0.717) is 10.6 Å². The normalized spacial score (nSPS) is 10.6. The van der Waals surface area contributed by atoms with Crippen LogP contribution < -0.4 is 4.74 Å². The fourth-order valence-electron chi connectivity index (χ4n) is 1.21. The van der Waals surface area contributed by atoms with Gasteiger partial charge in [-0.15, -0.1) is 24.0 Å². The first kappa shape index (κ1) is 8.72. The number of fused-ring (bicyclic) bond motifs is 1. The van der Waals surface area contributed by atoms with E-state index in [4.69, 9.17) is 4.74 Å². The molecule has 13 heavy (non-hydrogen) atoms. The van der Waals surface area contributed by atoms with Crippen LogP contribution in [0.2, 0.25) is 0 Å². The highest BCUT2D eigenvalue weighted by atomic mass is 32.1. The highest BCUT2D eigenvalue weighted by molar-refractivity contribution is 7.81. The molecule has 2 nitrogen and oxygen atoms in total. The molecule has 0 bridgehead atoms. The maximum absolute atomic E-state index is 9.62. The summed E-state index contributed by atoms with van der Waals surface area (Å²) >= 11 is 5.79. The average Bonchev–Trinajstić information content (AvgIpc) is 2.59. The Morgan fingerprint density at radius 3 is 3.00 bits per heavy atom. The van der Waals surface area contributed by atoms with Crippen LogP contribution in [-0.4, -0.2) is 12.2 Å². The highest BCUT2D eigenvalue weighted by Crippen LogP contribution is 2.40. The lowest BCUT2D eigenvalue weighted by Gasteiger charge is -2.05. The van der Waals surface area contributed by atoms with Gasteiger partial charge in [0.25, 0.3) is 0 Å². The van der Waals surface area contributed by atoms with Crippen LogP contribution in [0.4, 0.5) is 0 Å². The zero-order chi connectivity index (χ0) is 9.42. The van der Waals surface area contributed by atoms with Gasteiger partial charge in [-0.1, -0.05) is 0 Å². The van der Waals surface area contributed by atoms with Crippen LogP contribution >= 0.6 is 24.0 Å². The van der Waals surface area contributed by atoms with Crippen molar-refractivity contribution in [2.24, 2.45) is 0 Å². The van der Waals surface area contributed by atoms with E-state index in [9.17, 15) is 5.11 Å². The Kier molecular flexibility index (Phi) is 2.09. The number of methoxy groups -OCH3 is 1. The molecule has 1 N–H and O–H groups in total. The van der Waals surface area contributed by atoms with Crippen molar-refractivity contribution in [1.82, 2.24) is 0 Å². The van der Waals surface area contributed by atoms with Gasteiger partial charge in [-0.05, 0) is 22.9 Å². The number of aromatic hydroxyl groups is 1. The molecule has 0 fully saturated rings. The molecule has 1 aromatic heterocycles. The van der Waals surface area contributed by atoms with E-state index >= 15 is 0 Å². The van der Waals surface area contributed by atoms with Crippen molar-refractivity contribution in [2.75, 3.05) is 7.11 Å². The van der Waals surface area contributed by atoms with Gasteiger partial charge in [0.1, 0.15) is 0 Å². The minimum absolute atomic E-state index is 0.112. The van der Waals surface area contributed by atoms with Crippen LogP contribution in [0.1, 0.15) is 0 Å². The molecule has 1 aromatic carbocycles. The zero-order valence-electron chi connectivity index (χ0n) is 6.94. The Morgan fingerprint density at radius 2 is 2.31 bits per heavy atom. The van der Waals surface area contributed by atoms with E-state index in [2.05, 4.69) is 12.6 Å². The van der Waals surface area contributed by atoms with Crippen molar-refractivity contribution in [1.29, 1.82) is 0 Å². The summed E-state index contributed by atoms with van der Waals surface area (Å²) in [4.78, 5) is 0.587. The molecular weight excluding hydrogens is 204 g/mol. The summed E-state index contributed by atoms with van der Waals surface area (Å²) in [5, 5.41) is 12.6.